The van der Waals surface area contributed by atoms with Gasteiger partial charge in [-0.2, -0.15) is 4.98 Å². The van der Waals surface area contributed by atoms with Crippen LogP contribution in [0.3, 0.4) is 0 Å². The summed E-state index contributed by atoms with van der Waals surface area (Å²) in [7, 11) is 0. The molecule has 3 aromatic rings. The predicted octanol–water partition coefficient (Wildman–Crippen LogP) is 3.15. The van der Waals surface area contributed by atoms with Gasteiger partial charge in [-0.15, -0.1) is 22.7 Å². The van der Waals surface area contributed by atoms with Gasteiger partial charge in [0.25, 0.3) is 0 Å². The van der Waals surface area contributed by atoms with Crippen LogP contribution in [0, 0.1) is 0 Å². The quantitative estimate of drug-likeness (QED) is 0.778. The van der Waals surface area contributed by atoms with E-state index in [1.165, 1.54) is 21.7 Å². The van der Waals surface area contributed by atoms with Gasteiger partial charge in [-0.3, -0.25) is 0 Å². The highest BCUT2D eigenvalue weighted by Gasteiger charge is 2.04. The maximum absolute atomic E-state index is 4.67. The predicted molar refractivity (Wildman–Crippen MR) is 72.5 cm³/mol. The van der Waals surface area contributed by atoms with Crippen LogP contribution < -0.4 is 5.32 Å². The Morgan fingerprint density at radius 1 is 1.28 bits per heavy atom. The molecule has 4 nitrogen and oxygen atoms in total. The molecule has 92 valence electrons. The smallest absolute Gasteiger partial charge is 0.213 e. The van der Waals surface area contributed by atoms with Crippen LogP contribution in [-0.2, 0) is 13.1 Å². The minimum absolute atomic E-state index is 0.628. The summed E-state index contributed by atoms with van der Waals surface area (Å²) < 4.78 is 4.67. The van der Waals surface area contributed by atoms with E-state index in [0.717, 1.165) is 6.54 Å². The maximum atomic E-state index is 4.67. The number of thiophene rings is 2. The van der Waals surface area contributed by atoms with Crippen LogP contribution in [0.4, 0.5) is 0 Å². The minimum atomic E-state index is 0.628. The van der Waals surface area contributed by atoms with E-state index >= 15 is 0 Å². The fourth-order valence-corrected chi connectivity index (χ4v) is 3.26. The zero-order valence-corrected chi connectivity index (χ0v) is 11.1. The van der Waals surface area contributed by atoms with Crippen molar-refractivity contribution in [1.29, 1.82) is 0 Å². The number of hydrogen-bond acceptors (Lipinski definition) is 6. The molecular formula is C12H11N3OS2. The Kier molecular flexibility index (Phi) is 3.49. The van der Waals surface area contributed by atoms with E-state index in [2.05, 4.69) is 48.9 Å². The first-order valence-corrected chi connectivity index (χ1v) is 7.25. The summed E-state index contributed by atoms with van der Waals surface area (Å²) in [5, 5.41) is 11.3. The van der Waals surface area contributed by atoms with E-state index in [1.807, 2.05) is 0 Å². The summed E-state index contributed by atoms with van der Waals surface area (Å²) in [6, 6.07) is 6.44. The molecule has 0 radical (unpaired) electrons. The summed E-state index contributed by atoms with van der Waals surface area (Å²) >= 11 is 3.53. The second-order valence-corrected chi connectivity index (χ2v) is 5.67. The van der Waals surface area contributed by atoms with Crippen LogP contribution in [0.2, 0.25) is 0 Å². The zero-order valence-electron chi connectivity index (χ0n) is 9.50. The van der Waals surface area contributed by atoms with Crippen molar-refractivity contribution in [2.75, 3.05) is 0 Å². The van der Waals surface area contributed by atoms with E-state index in [-0.39, 0.29) is 0 Å². The molecule has 0 aliphatic heterocycles. The molecule has 3 heterocycles. The molecule has 0 amide bonds. The fraction of sp³-hybridized carbons (Fsp3) is 0.167. The van der Waals surface area contributed by atoms with Crippen LogP contribution in [-0.4, -0.2) is 10.1 Å². The Labute approximate surface area is 112 Å². The summed E-state index contributed by atoms with van der Waals surface area (Å²) in [6.45, 7) is 1.45. The van der Waals surface area contributed by atoms with Gasteiger partial charge in [-0.25, -0.2) is 0 Å². The van der Waals surface area contributed by atoms with Gasteiger partial charge in [0.2, 0.25) is 6.39 Å². The van der Waals surface area contributed by atoms with Crippen LogP contribution in [0.5, 0.6) is 0 Å². The molecule has 0 fully saturated rings. The van der Waals surface area contributed by atoms with Crippen molar-refractivity contribution in [3.63, 3.8) is 0 Å². The summed E-state index contributed by atoms with van der Waals surface area (Å²) in [4.78, 5) is 6.58. The molecule has 1 N–H and O–H groups in total. The van der Waals surface area contributed by atoms with Gasteiger partial charge in [0.1, 0.15) is 0 Å². The Hall–Kier alpha value is -1.50. The van der Waals surface area contributed by atoms with Gasteiger partial charge in [0, 0.05) is 21.9 Å². The van der Waals surface area contributed by atoms with Gasteiger partial charge in [-0.05, 0) is 22.9 Å². The van der Waals surface area contributed by atoms with Gasteiger partial charge < -0.3 is 9.84 Å². The second-order valence-electron chi connectivity index (χ2n) is 3.73. The maximum Gasteiger partial charge on any atom is 0.213 e. The lowest BCUT2D eigenvalue weighted by atomic mass is 10.2. The van der Waals surface area contributed by atoms with Crippen LogP contribution >= 0.6 is 22.7 Å². The third kappa shape index (κ3) is 2.66. The summed E-state index contributed by atoms with van der Waals surface area (Å²) in [5.74, 6) is 0.685. The van der Waals surface area contributed by atoms with Crippen molar-refractivity contribution in [2.45, 2.75) is 13.1 Å². The van der Waals surface area contributed by atoms with E-state index in [1.54, 1.807) is 22.7 Å². The molecule has 18 heavy (non-hydrogen) atoms. The van der Waals surface area contributed by atoms with E-state index in [9.17, 15) is 0 Å². The molecule has 0 aliphatic carbocycles. The SMILES string of the molecule is c1csc(-c2csc(CNCc3ncon3)c2)c1. The molecule has 0 aromatic carbocycles. The first-order valence-electron chi connectivity index (χ1n) is 5.49. The number of hydrogen-bond donors (Lipinski definition) is 1. The third-order valence-electron chi connectivity index (χ3n) is 2.45. The number of nitrogens with zero attached hydrogens (tertiary/aromatic N) is 2. The molecule has 3 rings (SSSR count). The molecular weight excluding hydrogens is 266 g/mol. The fourth-order valence-electron chi connectivity index (χ4n) is 1.61. The Morgan fingerprint density at radius 2 is 2.28 bits per heavy atom. The lowest BCUT2D eigenvalue weighted by Crippen LogP contribution is -2.12. The molecule has 0 bridgehead atoms. The van der Waals surface area contributed by atoms with E-state index < -0.39 is 0 Å². The van der Waals surface area contributed by atoms with Crippen molar-refractivity contribution >= 4 is 22.7 Å². The Bertz CT molecular complexity index is 587. The molecule has 0 saturated heterocycles. The van der Waals surface area contributed by atoms with Crippen LogP contribution in [0.25, 0.3) is 10.4 Å². The average Bonchev–Trinajstić information content (AvgIpc) is 3.12. The van der Waals surface area contributed by atoms with Gasteiger partial charge in [-0.1, -0.05) is 11.2 Å². The average molecular weight is 277 g/mol. The van der Waals surface area contributed by atoms with Crippen LogP contribution in [0.1, 0.15) is 10.7 Å². The van der Waals surface area contributed by atoms with E-state index in [4.69, 9.17) is 0 Å². The lowest BCUT2D eigenvalue weighted by molar-refractivity contribution is 0.407. The monoisotopic (exact) mass is 277 g/mol. The molecule has 3 aromatic heterocycles. The van der Waals surface area contributed by atoms with Crippen LogP contribution in [0.15, 0.2) is 39.9 Å². The Balaban J connectivity index is 1.57. The molecule has 6 heteroatoms. The largest absolute Gasteiger partial charge is 0.343 e. The normalized spacial score (nSPS) is 10.9. The lowest BCUT2D eigenvalue weighted by Gasteiger charge is -1.97. The number of aromatic nitrogens is 2. The molecule has 0 atom stereocenters. The Morgan fingerprint density at radius 3 is 3.06 bits per heavy atom. The third-order valence-corrected chi connectivity index (χ3v) is 4.30. The van der Waals surface area contributed by atoms with Gasteiger partial charge >= 0.3 is 0 Å². The summed E-state index contributed by atoms with van der Waals surface area (Å²) in [5.41, 5.74) is 1.30. The first-order chi connectivity index (χ1) is 8.92. The van der Waals surface area contributed by atoms with Crippen molar-refractivity contribution in [3.8, 4) is 10.4 Å². The molecule has 0 aliphatic rings. The number of nitrogens with one attached hydrogen (secondary N) is 1. The van der Waals surface area contributed by atoms with E-state index in [0.29, 0.717) is 12.4 Å². The molecule has 0 spiro atoms. The highest BCUT2D eigenvalue weighted by Crippen LogP contribution is 2.29. The van der Waals surface area contributed by atoms with Crippen molar-refractivity contribution in [1.82, 2.24) is 15.5 Å². The van der Waals surface area contributed by atoms with Gasteiger partial charge in [0.15, 0.2) is 5.82 Å². The highest BCUT2D eigenvalue weighted by atomic mass is 32.1. The minimum Gasteiger partial charge on any atom is -0.343 e. The number of rotatable bonds is 5. The topological polar surface area (TPSA) is 51.0 Å². The highest BCUT2D eigenvalue weighted by molar-refractivity contribution is 7.14. The summed E-state index contributed by atoms with van der Waals surface area (Å²) in [6.07, 6.45) is 1.34. The van der Waals surface area contributed by atoms with Crippen molar-refractivity contribution in [2.24, 2.45) is 0 Å². The standard InChI is InChI=1S/C12H11N3OS2/c1-2-11(17-3-1)9-4-10(18-7-9)5-13-6-12-14-8-16-15-12/h1-4,7-8,13H,5-6H2. The van der Waals surface area contributed by atoms with Crippen molar-refractivity contribution in [3.05, 3.63) is 46.1 Å². The molecule has 0 saturated carbocycles. The zero-order chi connectivity index (χ0) is 12.2. The second kappa shape index (κ2) is 5.43. The molecule has 0 unspecified atom stereocenters. The first kappa shape index (κ1) is 11.6. The van der Waals surface area contributed by atoms with Crippen molar-refractivity contribution < 1.29 is 4.52 Å². The van der Waals surface area contributed by atoms with Gasteiger partial charge in [0.05, 0.1) is 6.54 Å².